The molecule has 3 heterocycles. The summed E-state index contributed by atoms with van der Waals surface area (Å²) in [6.45, 7) is 4.61. The Morgan fingerprint density at radius 3 is 2.51 bits per heavy atom. The summed E-state index contributed by atoms with van der Waals surface area (Å²) in [4.78, 5) is 2.51. The van der Waals surface area contributed by atoms with Crippen molar-refractivity contribution in [2.24, 2.45) is 5.73 Å². The molecule has 2 aliphatic heterocycles. The second-order valence-corrected chi connectivity index (χ2v) is 11.4. The molecular formula is C31H33F2N3O. The van der Waals surface area contributed by atoms with Crippen LogP contribution in [0.15, 0.2) is 66.9 Å². The Morgan fingerprint density at radius 2 is 1.81 bits per heavy atom. The molecule has 2 saturated heterocycles. The van der Waals surface area contributed by atoms with Gasteiger partial charge in [-0.25, -0.2) is 8.78 Å². The van der Waals surface area contributed by atoms with E-state index in [1.54, 1.807) is 19.9 Å². The Labute approximate surface area is 216 Å². The van der Waals surface area contributed by atoms with E-state index in [1.807, 2.05) is 35.0 Å². The van der Waals surface area contributed by atoms with E-state index in [2.05, 4.69) is 17.0 Å². The van der Waals surface area contributed by atoms with Gasteiger partial charge >= 0.3 is 0 Å². The molecule has 4 nitrogen and oxygen atoms in total. The number of benzene rings is 3. The highest BCUT2D eigenvalue weighted by Crippen LogP contribution is 2.40. The van der Waals surface area contributed by atoms with Gasteiger partial charge in [0.1, 0.15) is 11.6 Å². The van der Waals surface area contributed by atoms with Gasteiger partial charge in [0.2, 0.25) is 0 Å². The van der Waals surface area contributed by atoms with Crippen LogP contribution in [0.4, 0.5) is 8.78 Å². The maximum atomic E-state index is 15.7. The van der Waals surface area contributed by atoms with E-state index in [-0.39, 0.29) is 17.7 Å². The zero-order valence-electron chi connectivity index (χ0n) is 21.3. The Balaban J connectivity index is 1.43. The molecule has 0 spiro atoms. The van der Waals surface area contributed by atoms with E-state index in [0.29, 0.717) is 24.2 Å². The minimum atomic E-state index is -0.916. The van der Waals surface area contributed by atoms with E-state index >= 15 is 4.39 Å². The Morgan fingerprint density at radius 1 is 0.973 bits per heavy atom. The molecule has 3 atom stereocenters. The van der Waals surface area contributed by atoms with Gasteiger partial charge in [-0.2, -0.15) is 0 Å². The monoisotopic (exact) mass is 501 g/mol. The average molecular weight is 502 g/mol. The Kier molecular flexibility index (Phi) is 5.94. The van der Waals surface area contributed by atoms with Gasteiger partial charge in [0.05, 0.1) is 17.7 Å². The molecule has 0 unspecified atom stereocenters. The summed E-state index contributed by atoms with van der Waals surface area (Å²) >= 11 is 0. The second kappa shape index (κ2) is 9.05. The first-order chi connectivity index (χ1) is 17.7. The molecule has 0 saturated carbocycles. The summed E-state index contributed by atoms with van der Waals surface area (Å²) in [7, 11) is 0. The van der Waals surface area contributed by atoms with Crippen molar-refractivity contribution < 1.29 is 13.9 Å². The maximum Gasteiger partial charge on any atom is 0.133 e. The van der Waals surface area contributed by atoms with Crippen molar-refractivity contribution in [3.63, 3.8) is 0 Å². The second-order valence-electron chi connectivity index (χ2n) is 11.4. The lowest BCUT2D eigenvalue weighted by molar-refractivity contribution is 0.0628. The molecular weight excluding hydrogens is 468 g/mol. The SMILES string of the molecule is CC(C)(O)Cn1ccc2cc(-c3ccc(CN4[C@@H]5CC[C@H]4[C@@H](N)C5)cc3-c3cccc(F)c3)c(F)cc21. The number of nitrogens with two attached hydrogens (primary N) is 1. The van der Waals surface area contributed by atoms with Crippen LogP contribution in [-0.4, -0.2) is 38.3 Å². The van der Waals surface area contributed by atoms with E-state index in [0.717, 1.165) is 52.5 Å². The molecule has 37 heavy (non-hydrogen) atoms. The molecule has 3 aromatic carbocycles. The van der Waals surface area contributed by atoms with Gasteiger partial charge in [-0.3, -0.25) is 4.90 Å². The van der Waals surface area contributed by atoms with Crippen molar-refractivity contribution in [1.29, 1.82) is 0 Å². The number of hydrogen-bond acceptors (Lipinski definition) is 3. The standard InChI is InChI=1S/C31H33F2N3O/c1-31(2,37)18-35-11-10-21-14-26(27(33)16-30(21)35)24-8-6-19(12-25(24)20-4-3-5-22(32)13-20)17-36-23-7-9-29(36)28(34)15-23/h3-6,8,10-14,16,23,28-29,37H,7,9,15,17-18,34H2,1-2H3/t23-,28+,29+/m1/s1. The van der Waals surface area contributed by atoms with E-state index in [1.165, 1.54) is 24.6 Å². The van der Waals surface area contributed by atoms with Crippen LogP contribution >= 0.6 is 0 Å². The minimum Gasteiger partial charge on any atom is -0.389 e. The molecule has 3 N–H and O–H groups in total. The van der Waals surface area contributed by atoms with E-state index in [4.69, 9.17) is 5.73 Å². The van der Waals surface area contributed by atoms with Gasteiger partial charge in [-0.05, 0) is 91.8 Å². The molecule has 2 fully saturated rings. The molecule has 2 aliphatic rings. The van der Waals surface area contributed by atoms with Crippen LogP contribution in [0.25, 0.3) is 33.2 Å². The molecule has 0 radical (unpaired) electrons. The Hall–Kier alpha value is -3.06. The normalized spacial score (nSPS) is 21.8. The van der Waals surface area contributed by atoms with Crippen molar-refractivity contribution in [2.45, 2.75) is 69.9 Å². The minimum absolute atomic E-state index is 0.227. The lowest BCUT2D eigenvalue weighted by Gasteiger charge is -2.23. The summed E-state index contributed by atoms with van der Waals surface area (Å²) in [6.07, 6.45) is 5.24. The van der Waals surface area contributed by atoms with Crippen LogP contribution in [0.3, 0.4) is 0 Å². The molecule has 1 aromatic heterocycles. The first-order valence-electron chi connectivity index (χ1n) is 13.1. The summed E-state index contributed by atoms with van der Waals surface area (Å²) in [6, 6.07) is 19.1. The summed E-state index contributed by atoms with van der Waals surface area (Å²) in [5.74, 6) is -0.672. The lowest BCUT2D eigenvalue weighted by atomic mass is 9.91. The first-order valence-corrected chi connectivity index (χ1v) is 13.1. The molecule has 4 aromatic rings. The maximum absolute atomic E-state index is 15.7. The van der Waals surface area contributed by atoms with Crippen LogP contribution in [0.1, 0.15) is 38.7 Å². The zero-order valence-corrected chi connectivity index (χ0v) is 21.3. The van der Waals surface area contributed by atoms with E-state index < -0.39 is 5.60 Å². The predicted molar refractivity (Wildman–Crippen MR) is 144 cm³/mol. The van der Waals surface area contributed by atoms with Crippen molar-refractivity contribution in [1.82, 2.24) is 9.47 Å². The van der Waals surface area contributed by atoms with Crippen LogP contribution in [0.5, 0.6) is 0 Å². The highest BCUT2D eigenvalue weighted by molar-refractivity contribution is 5.91. The van der Waals surface area contributed by atoms with Gasteiger partial charge in [-0.15, -0.1) is 0 Å². The third kappa shape index (κ3) is 4.58. The van der Waals surface area contributed by atoms with Crippen molar-refractivity contribution in [3.8, 4) is 22.3 Å². The number of aliphatic hydroxyl groups is 1. The number of hydrogen-bond donors (Lipinski definition) is 2. The largest absolute Gasteiger partial charge is 0.389 e. The molecule has 0 amide bonds. The smallest absolute Gasteiger partial charge is 0.133 e. The van der Waals surface area contributed by atoms with Crippen LogP contribution in [-0.2, 0) is 13.1 Å². The van der Waals surface area contributed by atoms with Gasteiger partial charge in [0.25, 0.3) is 0 Å². The molecule has 6 rings (SSSR count). The van der Waals surface area contributed by atoms with Crippen molar-refractivity contribution in [3.05, 3.63) is 84.1 Å². The molecule has 6 heteroatoms. The van der Waals surface area contributed by atoms with Gasteiger partial charge in [0.15, 0.2) is 0 Å². The fourth-order valence-electron chi connectivity index (χ4n) is 6.40. The Bertz CT molecular complexity index is 1470. The quantitative estimate of drug-likeness (QED) is 0.336. The number of fused-ring (bicyclic) bond motifs is 3. The third-order valence-corrected chi connectivity index (χ3v) is 8.02. The molecule has 0 aliphatic carbocycles. The van der Waals surface area contributed by atoms with Crippen molar-refractivity contribution >= 4 is 10.9 Å². The third-order valence-electron chi connectivity index (χ3n) is 8.02. The van der Waals surface area contributed by atoms with Crippen LogP contribution in [0.2, 0.25) is 0 Å². The molecule has 192 valence electrons. The zero-order chi connectivity index (χ0) is 25.9. The first kappa shape index (κ1) is 24.3. The number of halogens is 2. The fraction of sp³-hybridized carbons (Fsp3) is 0.355. The summed E-state index contributed by atoms with van der Waals surface area (Å²) < 4.78 is 31.8. The van der Waals surface area contributed by atoms with Gasteiger partial charge in [0, 0.05) is 41.8 Å². The fourth-order valence-corrected chi connectivity index (χ4v) is 6.40. The highest BCUT2D eigenvalue weighted by Gasteiger charge is 2.44. The van der Waals surface area contributed by atoms with Gasteiger partial charge in [-0.1, -0.05) is 24.3 Å². The van der Waals surface area contributed by atoms with Crippen LogP contribution in [0, 0.1) is 11.6 Å². The number of rotatable bonds is 6. The van der Waals surface area contributed by atoms with Gasteiger partial charge < -0.3 is 15.4 Å². The lowest BCUT2D eigenvalue weighted by Crippen LogP contribution is -2.36. The summed E-state index contributed by atoms with van der Waals surface area (Å²) in [5, 5.41) is 11.1. The van der Waals surface area contributed by atoms with Crippen LogP contribution < -0.4 is 5.73 Å². The highest BCUT2D eigenvalue weighted by atomic mass is 19.1. The predicted octanol–water partition coefficient (Wildman–Crippen LogP) is 6.09. The van der Waals surface area contributed by atoms with Crippen molar-refractivity contribution in [2.75, 3.05) is 0 Å². The number of aromatic nitrogens is 1. The summed E-state index contributed by atoms with van der Waals surface area (Å²) in [5.41, 5.74) is 10.0. The molecule has 2 bridgehead atoms. The average Bonchev–Trinajstić information content (AvgIpc) is 3.50. The van der Waals surface area contributed by atoms with E-state index in [9.17, 15) is 9.50 Å². The number of nitrogens with zero attached hydrogens (tertiary/aromatic N) is 2. The topological polar surface area (TPSA) is 54.4 Å².